The van der Waals surface area contributed by atoms with E-state index in [-0.39, 0.29) is 0 Å². The zero-order valence-electron chi connectivity index (χ0n) is 12.4. The molecule has 1 aromatic heterocycles. The van der Waals surface area contributed by atoms with E-state index in [1.807, 2.05) is 23.7 Å². The summed E-state index contributed by atoms with van der Waals surface area (Å²) in [7, 11) is 0. The molecule has 3 nitrogen and oxygen atoms in total. The molecular weight excluding hydrogens is 282 g/mol. The van der Waals surface area contributed by atoms with Gasteiger partial charge in [-0.25, -0.2) is 0 Å². The molecule has 0 saturated heterocycles. The molecule has 1 aliphatic rings. The van der Waals surface area contributed by atoms with E-state index in [9.17, 15) is 5.26 Å². The Kier molecular flexibility index (Phi) is 3.51. The smallest absolute Gasteiger partial charge is 0.0847 e. The average Bonchev–Trinajstić information content (AvgIpc) is 3.00. The third kappa shape index (κ3) is 2.34. The molecule has 0 bridgehead atoms. The maximum Gasteiger partial charge on any atom is 0.0847 e. The molecule has 3 rings (SSSR count). The van der Waals surface area contributed by atoms with Crippen molar-refractivity contribution in [1.29, 1.82) is 5.26 Å². The Labute approximate surface area is 130 Å². The quantitative estimate of drug-likeness (QED) is 0.867. The van der Waals surface area contributed by atoms with Crippen LogP contribution in [0, 0.1) is 23.7 Å². The van der Waals surface area contributed by atoms with Crippen LogP contribution in [0.1, 0.15) is 29.4 Å². The lowest BCUT2D eigenvalue weighted by Crippen LogP contribution is -2.24. The Morgan fingerprint density at radius 3 is 2.48 bits per heavy atom. The van der Waals surface area contributed by atoms with Gasteiger partial charge in [-0.2, -0.15) is 10.4 Å². The van der Waals surface area contributed by atoms with Crippen LogP contribution >= 0.6 is 11.6 Å². The number of nitriles is 1. The Morgan fingerprint density at radius 1 is 1.33 bits per heavy atom. The monoisotopic (exact) mass is 299 g/mol. The van der Waals surface area contributed by atoms with Crippen molar-refractivity contribution < 1.29 is 0 Å². The molecule has 0 atom stereocenters. The topological polar surface area (TPSA) is 41.6 Å². The molecule has 0 amide bonds. The van der Waals surface area contributed by atoms with Crippen LogP contribution in [0.15, 0.2) is 24.3 Å². The Balaban J connectivity index is 1.96. The van der Waals surface area contributed by atoms with Crippen molar-refractivity contribution >= 4 is 11.6 Å². The van der Waals surface area contributed by atoms with Crippen molar-refractivity contribution in [2.24, 2.45) is 5.41 Å². The predicted octanol–water partition coefficient (Wildman–Crippen LogP) is 3.72. The summed E-state index contributed by atoms with van der Waals surface area (Å²) in [5.74, 6) is 0. The fourth-order valence-corrected chi connectivity index (χ4v) is 3.50. The number of nitrogens with zero attached hydrogens (tertiary/aromatic N) is 3. The second-order valence-corrected chi connectivity index (χ2v) is 6.23. The van der Waals surface area contributed by atoms with Gasteiger partial charge in [0.25, 0.3) is 0 Å². The van der Waals surface area contributed by atoms with E-state index in [1.165, 1.54) is 11.1 Å². The van der Waals surface area contributed by atoms with Gasteiger partial charge in [-0.15, -0.1) is 0 Å². The van der Waals surface area contributed by atoms with Gasteiger partial charge < -0.3 is 0 Å². The molecule has 4 heteroatoms. The second-order valence-electron chi connectivity index (χ2n) is 5.85. The van der Waals surface area contributed by atoms with Gasteiger partial charge in [0.2, 0.25) is 0 Å². The van der Waals surface area contributed by atoms with Crippen LogP contribution in [0.2, 0.25) is 5.02 Å². The third-order valence-electron chi connectivity index (χ3n) is 4.37. The first-order valence-electron chi connectivity index (χ1n) is 7.28. The molecular formula is C17H18ClN3. The number of halogens is 1. The molecule has 0 aliphatic heterocycles. The van der Waals surface area contributed by atoms with Crippen LogP contribution in [0.4, 0.5) is 0 Å². The van der Waals surface area contributed by atoms with E-state index in [4.69, 9.17) is 11.6 Å². The van der Waals surface area contributed by atoms with Gasteiger partial charge in [0, 0.05) is 13.0 Å². The number of benzene rings is 1. The van der Waals surface area contributed by atoms with Gasteiger partial charge in [-0.3, -0.25) is 4.68 Å². The number of rotatable bonds is 3. The Bertz CT molecular complexity index is 699. The van der Waals surface area contributed by atoms with Gasteiger partial charge in [0.05, 0.1) is 27.9 Å². The van der Waals surface area contributed by atoms with E-state index in [0.717, 1.165) is 30.8 Å². The van der Waals surface area contributed by atoms with Gasteiger partial charge in [0.1, 0.15) is 0 Å². The number of aryl methyl sites for hydroxylation is 2. The molecule has 0 fully saturated rings. The number of hydrogen-bond acceptors (Lipinski definition) is 2. The molecule has 1 aromatic carbocycles. The zero-order valence-corrected chi connectivity index (χ0v) is 13.1. The first-order chi connectivity index (χ1) is 10.1. The first kappa shape index (κ1) is 14.2. The van der Waals surface area contributed by atoms with Crippen molar-refractivity contribution in [3.05, 3.63) is 51.8 Å². The Hall–Kier alpha value is -1.79. The molecule has 0 unspecified atom stereocenters. The first-order valence-corrected chi connectivity index (χ1v) is 7.66. The predicted molar refractivity (Wildman–Crippen MR) is 83.2 cm³/mol. The van der Waals surface area contributed by atoms with E-state index in [1.54, 1.807) is 0 Å². The molecule has 0 saturated carbocycles. The fourth-order valence-electron chi connectivity index (χ4n) is 3.30. The van der Waals surface area contributed by atoms with Crippen LogP contribution in [-0.4, -0.2) is 9.78 Å². The lowest BCUT2D eigenvalue weighted by molar-refractivity contribution is 0.401. The number of aromatic nitrogens is 2. The summed E-state index contributed by atoms with van der Waals surface area (Å²) in [4.78, 5) is 0. The van der Waals surface area contributed by atoms with Gasteiger partial charge >= 0.3 is 0 Å². The van der Waals surface area contributed by atoms with Gasteiger partial charge in [0.15, 0.2) is 0 Å². The largest absolute Gasteiger partial charge is 0.268 e. The minimum absolute atomic E-state index is 0.396. The number of hydrogen-bond donors (Lipinski definition) is 0. The maximum atomic E-state index is 9.79. The molecule has 0 radical (unpaired) electrons. The highest BCUT2D eigenvalue weighted by atomic mass is 35.5. The summed E-state index contributed by atoms with van der Waals surface area (Å²) in [5, 5.41) is 15.0. The van der Waals surface area contributed by atoms with Crippen molar-refractivity contribution in [2.45, 2.75) is 39.7 Å². The summed E-state index contributed by atoms with van der Waals surface area (Å²) in [6.07, 6.45) is 2.25. The van der Waals surface area contributed by atoms with Crippen molar-refractivity contribution in [1.82, 2.24) is 9.78 Å². The van der Waals surface area contributed by atoms with Gasteiger partial charge in [-0.1, -0.05) is 35.9 Å². The highest BCUT2D eigenvalue weighted by molar-refractivity contribution is 6.31. The highest BCUT2D eigenvalue weighted by Crippen LogP contribution is 2.40. The average molecular weight is 300 g/mol. The third-order valence-corrected chi connectivity index (χ3v) is 4.86. The van der Waals surface area contributed by atoms with Crippen LogP contribution < -0.4 is 0 Å². The molecule has 1 heterocycles. The van der Waals surface area contributed by atoms with Crippen molar-refractivity contribution in [3.63, 3.8) is 0 Å². The zero-order chi connectivity index (χ0) is 15.0. The van der Waals surface area contributed by atoms with Crippen LogP contribution in [0.3, 0.4) is 0 Å². The van der Waals surface area contributed by atoms with E-state index in [2.05, 4.69) is 30.2 Å². The number of fused-ring (bicyclic) bond motifs is 1. The second kappa shape index (κ2) is 5.20. The lowest BCUT2D eigenvalue weighted by Gasteiger charge is -2.21. The van der Waals surface area contributed by atoms with Crippen LogP contribution in [-0.2, 0) is 25.8 Å². The van der Waals surface area contributed by atoms with Gasteiger partial charge in [-0.05, 0) is 37.8 Å². The fraction of sp³-hybridized carbons (Fsp3) is 0.412. The van der Waals surface area contributed by atoms with Crippen LogP contribution in [0.25, 0.3) is 0 Å². The minimum Gasteiger partial charge on any atom is -0.268 e. The summed E-state index contributed by atoms with van der Waals surface area (Å²) >= 11 is 6.41. The van der Waals surface area contributed by atoms with Crippen LogP contribution in [0.5, 0.6) is 0 Å². The molecule has 1 aliphatic carbocycles. The minimum atomic E-state index is -0.396. The summed E-state index contributed by atoms with van der Waals surface area (Å²) in [6.45, 7) is 4.74. The highest BCUT2D eigenvalue weighted by Gasteiger charge is 2.39. The molecule has 108 valence electrons. The maximum absolute atomic E-state index is 9.79. The molecule has 0 spiro atoms. The molecule has 21 heavy (non-hydrogen) atoms. The normalized spacial score (nSPS) is 15.7. The summed E-state index contributed by atoms with van der Waals surface area (Å²) in [5.41, 5.74) is 4.01. The van der Waals surface area contributed by atoms with E-state index >= 15 is 0 Å². The van der Waals surface area contributed by atoms with Crippen molar-refractivity contribution in [2.75, 3.05) is 0 Å². The lowest BCUT2D eigenvalue weighted by atomic mass is 9.81. The SMILES string of the molecule is CCn1nc(C)c(Cl)c1CC1(C#N)Cc2ccccc2C1. The Morgan fingerprint density at radius 2 is 1.95 bits per heavy atom. The molecule has 0 N–H and O–H groups in total. The van der Waals surface area contributed by atoms with Crippen molar-refractivity contribution in [3.8, 4) is 6.07 Å². The standard InChI is InChI=1S/C17H18ClN3/c1-3-21-15(16(18)12(2)20-21)10-17(11-19)8-13-6-4-5-7-14(13)9-17/h4-7H,3,8-10H2,1-2H3. The summed E-state index contributed by atoms with van der Waals surface area (Å²) in [6, 6.07) is 10.9. The summed E-state index contributed by atoms with van der Waals surface area (Å²) < 4.78 is 1.93. The van der Waals surface area contributed by atoms with E-state index < -0.39 is 5.41 Å². The molecule has 2 aromatic rings. The van der Waals surface area contributed by atoms with E-state index in [0.29, 0.717) is 11.4 Å².